The van der Waals surface area contributed by atoms with Gasteiger partial charge in [-0.15, -0.1) is 0 Å². The lowest BCUT2D eigenvalue weighted by atomic mass is 10.0. The van der Waals surface area contributed by atoms with Gasteiger partial charge in [-0.2, -0.15) is 0 Å². The number of pyridine rings is 1. The first kappa shape index (κ1) is 17.5. The predicted molar refractivity (Wildman–Crippen MR) is 108 cm³/mol. The van der Waals surface area contributed by atoms with Crippen LogP contribution in [0, 0.1) is 19.8 Å². The van der Waals surface area contributed by atoms with Crippen LogP contribution in [0.25, 0.3) is 10.9 Å². The first-order valence-electron chi connectivity index (χ1n) is 9.49. The Labute approximate surface area is 158 Å². The highest BCUT2D eigenvalue weighted by Gasteiger charge is 2.43. The van der Waals surface area contributed by atoms with E-state index in [1.165, 1.54) is 5.56 Å². The van der Waals surface area contributed by atoms with Crippen LogP contribution in [0.3, 0.4) is 0 Å². The standard InChI is InChI=1S/C23H24N2O2/c1-14-10-15(2)18-12-17(22(26)25-21(18)11-14)8-9-24-23(27)20-13-19(20)16-6-4-3-5-7-16/h3-7,10-12,19-20H,8-9,13H2,1-2H3,(H,24,27)(H,25,26). The van der Waals surface area contributed by atoms with E-state index in [0.29, 0.717) is 24.4 Å². The molecule has 0 bridgehead atoms. The zero-order valence-corrected chi connectivity index (χ0v) is 15.7. The third-order valence-electron chi connectivity index (χ3n) is 5.44. The molecule has 2 aromatic carbocycles. The molecule has 1 aliphatic carbocycles. The molecule has 2 atom stereocenters. The molecule has 0 radical (unpaired) electrons. The lowest BCUT2D eigenvalue weighted by Gasteiger charge is -2.08. The van der Waals surface area contributed by atoms with Gasteiger partial charge in [-0.1, -0.05) is 36.4 Å². The van der Waals surface area contributed by atoms with E-state index in [4.69, 9.17) is 0 Å². The zero-order valence-electron chi connectivity index (χ0n) is 15.7. The van der Waals surface area contributed by atoms with Crippen LogP contribution in [-0.2, 0) is 11.2 Å². The predicted octanol–water partition coefficient (Wildman–Crippen LogP) is 3.61. The first-order chi connectivity index (χ1) is 13.0. The van der Waals surface area contributed by atoms with E-state index in [1.54, 1.807) is 0 Å². The molecule has 138 valence electrons. The highest BCUT2D eigenvalue weighted by molar-refractivity contribution is 5.84. The van der Waals surface area contributed by atoms with Crippen LogP contribution < -0.4 is 10.9 Å². The third kappa shape index (κ3) is 3.65. The topological polar surface area (TPSA) is 62.0 Å². The summed E-state index contributed by atoms with van der Waals surface area (Å²) in [7, 11) is 0. The van der Waals surface area contributed by atoms with Crippen LogP contribution in [0.4, 0.5) is 0 Å². The molecule has 0 saturated heterocycles. The molecule has 1 aliphatic rings. The summed E-state index contributed by atoms with van der Waals surface area (Å²) in [4.78, 5) is 27.7. The molecule has 0 spiro atoms. The number of hydrogen-bond donors (Lipinski definition) is 2. The van der Waals surface area contributed by atoms with Crippen molar-refractivity contribution in [2.45, 2.75) is 32.6 Å². The van der Waals surface area contributed by atoms with Crippen molar-refractivity contribution >= 4 is 16.8 Å². The molecule has 1 heterocycles. The highest BCUT2D eigenvalue weighted by Crippen LogP contribution is 2.47. The Kier molecular flexibility index (Phi) is 4.56. The molecular weight excluding hydrogens is 336 g/mol. The summed E-state index contributed by atoms with van der Waals surface area (Å²) >= 11 is 0. The molecule has 4 heteroatoms. The Bertz CT molecular complexity index is 1050. The number of hydrogen-bond acceptors (Lipinski definition) is 2. The van der Waals surface area contributed by atoms with Crippen LogP contribution in [0.15, 0.2) is 53.3 Å². The highest BCUT2D eigenvalue weighted by atomic mass is 16.2. The smallest absolute Gasteiger partial charge is 0.251 e. The number of fused-ring (bicyclic) bond motifs is 1. The summed E-state index contributed by atoms with van der Waals surface area (Å²) in [5.41, 5.74) is 5.02. The average molecular weight is 360 g/mol. The minimum absolute atomic E-state index is 0.0625. The van der Waals surface area contributed by atoms with Crippen molar-refractivity contribution in [3.05, 3.63) is 81.1 Å². The van der Waals surface area contributed by atoms with Gasteiger partial charge in [-0.3, -0.25) is 9.59 Å². The SMILES string of the molecule is Cc1cc(C)c2cc(CCNC(=O)C3CC3c3ccccc3)c(=O)[nH]c2c1. The van der Waals surface area contributed by atoms with Crippen molar-refractivity contribution in [2.75, 3.05) is 6.54 Å². The number of nitrogens with one attached hydrogen (secondary N) is 2. The van der Waals surface area contributed by atoms with Gasteiger partial charge in [0.2, 0.25) is 5.91 Å². The van der Waals surface area contributed by atoms with Crippen molar-refractivity contribution in [3.63, 3.8) is 0 Å². The Hall–Kier alpha value is -2.88. The van der Waals surface area contributed by atoms with Crippen LogP contribution in [0.5, 0.6) is 0 Å². The van der Waals surface area contributed by atoms with Gasteiger partial charge < -0.3 is 10.3 Å². The lowest BCUT2D eigenvalue weighted by molar-refractivity contribution is -0.122. The van der Waals surface area contributed by atoms with E-state index in [2.05, 4.69) is 35.4 Å². The molecule has 4 rings (SSSR count). The summed E-state index contributed by atoms with van der Waals surface area (Å²) in [5, 5.41) is 4.06. The fraction of sp³-hybridized carbons (Fsp3) is 0.304. The van der Waals surface area contributed by atoms with Crippen molar-refractivity contribution in [1.29, 1.82) is 0 Å². The van der Waals surface area contributed by atoms with E-state index in [1.807, 2.05) is 37.3 Å². The quantitative estimate of drug-likeness (QED) is 0.730. The Morgan fingerprint density at radius 3 is 2.70 bits per heavy atom. The van der Waals surface area contributed by atoms with Gasteiger partial charge in [0.25, 0.3) is 5.56 Å². The first-order valence-corrected chi connectivity index (χ1v) is 9.49. The number of carbonyl (C=O) groups is 1. The second kappa shape index (κ2) is 7.03. The van der Waals surface area contributed by atoms with Crippen molar-refractivity contribution < 1.29 is 4.79 Å². The zero-order chi connectivity index (χ0) is 19.0. The molecule has 2 N–H and O–H groups in total. The monoisotopic (exact) mass is 360 g/mol. The summed E-state index contributed by atoms with van der Waals surface area (Å²) in [6, 6.07) is 16.2. The number of aromatic nitrogens is 1. The number of rotatable bonds is 5. The normalized spacial score (nSPS) is 18.4. The van der Waals surface area contributed by atoms with Crippen LogP contribution in [-0.4, -0.2) is 17.4 Å². The van der Waals surface area contributed by atoms with E-state index >= 15 is 0 Å². The number of H-pyrrole nitrogens is 1. The molecule has 3 aromatic rings. The fourth-order valence-corrected chi connectivity index (χ4v) is 3.91. The van der Waals surface area contributed by atoms with Gasteiger partial charge in [0, 0.05) is 28.9 Å². The fourth-order valence-electron chi connectivity index (χ4n) is 3.91. The average Bonchev–Trinajstić information content (AvgIpc) is 3.44. The van der Waals surface area contributed by atoms with E-state index in [0.717, 1.165) is 28.5 Å². The van der Waals surface area contributed by atoms with Gasteiger partial charge in [-0.05, 0) is 61.4 Å². The van der Waals surface area contributed by atoms with Gasteiger partial charge in [0.1, 0.15) is 0 Å². The van der Waals surface area contributed by atoms with E-state index < -0.39 is 0 Å². The van der Waals surface area contributed by atoms with Gasteiger partial charge in [0.15, 0.2) is 0 Å². The summed E-state index contributed by atoms with van der Waals surface area (Å²) < 4.78 is 0. The van der Waals surface area contributed by atoms with Crippen molar-refractivity contribution in [2.24, 2.45) is 5.92 Å². The lowest BCUT2D eigenvalue weighted by Crippen LogP contribution is -2.29. The maximum absolute atomic E-state index is 12.4. The number of benzene rings is 2. The summed E-state index contributed by atoms with van der Waals surface area (Å²) in [5.74, 6) is 0.488. The molecule has 1 amide bonds. The molecule has 0 aliphatic heterocycles. The molecule has 2 unspecified atom stereocenters. The summed E-state index contributed by atoms with van der Waals surface area (Å²) in [6.45, 7) is 4.56. The molecular formula is C23H24N2O2. The number of amides is 1. The van der Waals surface area contributed by atoms with E-state index in [9.17, 15) is 9.59 Å². The van der Waals surface area contributed by atoms with E-state index in [-0.39, 0.29) is 17.4 Å². The van der Waals surface area contributed by atoms with Gasteiger partial charge in [-0.25, -0.2) is 0 Å². The molecule has 1 fully saturated rings. The van der Waals surface area contributed by atoms with Gasteiger partial charge in [0.05, 0.1) is 0 Å². The van der Waals surface area contributed by atoms with Crippen LogP contribution in [0.1, 0.15) is 34.6 Å². The maximum Gasteiger partial charge on any atom is 0.251 e. The third-order valence-corrected chi connectivity index (χ3v) is 5.44. The largest absolute Gasteiger partial charge is 0.356 e. The molecule has 1 aromatic heterocycles. The number of aromatic amines is 1. The maximum atomic E-state index is 12.4. The minimum atomic E-state index is -0.0738. The Morgan fingerprint density at radius 2 is 1.93 bits per heavy atom. The van der Waals surface area contributed by atoms with Crippen molar-refractivity contribution in [3.8, 4) is 0 Å². The number of carbonyl (C=O) groups excluding carboxylic acids is 1. The minimum Gasteiger partial charge on any atom is -0.356 e. The number of aryl methyl sites for hydroxylation is 2. The second-order valence-electron chi connectivity index (χ2n) is 7.57. The second-order valence-corrected chi connectivity index (χ2v) is 7.57. The molecule has 4 nitrogen and oxygen atoms in total. The summed E-state index contributed by atoms with van der Waals surface area (Å²) in [6.07, 6.45) is 1.44. The van der Waals surface area contributed by atoms with Crippen molar-refractivity contribution in [1.82, 2.24) is 10.3 Å². The van der Waals surface area contributed by atoms with Crippen LogP contribution >= 0.6 is 0 Å². The molecule has 27 heavy (non-hydrogen) atoms. The molecule has 1 saturated carbocycles. The van der Waals surface area contributed by atoms with Gasteiger partial charge >= 0.3 is 0 Å². The Balaban J connectivity index is 1.39. The van der Waals surface area contributed by atoms with Crippen LogP contribution in [0.2, 0.25) is 0 Å². The Morgan fingerprint density at radius 1 is 1.15 bits per heavy atom.